The van der Waals surface area contributed by atoms with E-state index < -0.39 is 5.97 Å². The van der Waals surface area contributed by atoms with Crippen LogP contribution in [0.1, 0.15) is 29.2 Å². The van der Waals surface area contributed by atoms with Gasteiger partial charge in [-0.1, -0.05) is 15.9 Å². The van der Waals surface area contributed by atoms with E-state index in [9.17, 15) is 9.90 Å². The average molecular weight is 324 g/mol. The molecule has 0 spiro atoms. The van der Waals surface area contributed by atoms with Crippen LogP contribution in [-0.2, 0) is 6.42 Å². The summed E-state index contributed by atoms with van der Waals surface area (Å²) in [5.74, 6) is -0.180. The number of rotatable bonds is 3. The molecule has 2 aromatic rings. The van der Waals surface area contributed by atoms with Crippen LogP contribution in [0.2, 0.25) is 0 Å². The average Bonchev–Trinajstić information content (AvgIpc) is 2.97. The van der Waals surface area contributed by atoms with Gasteiger partial charge < -0.3 is 14.8 Å². The van der Waals surface area contributed by atoms with Crippen LogP contribution in [-0.4, -0.2) is 33.0 Å². The van der Waals surface area contributed by atoms with Crippen molar-refractivity contribution >= 4 is 27.4 Å². The van der Waals surface area contributed by atoms with E-state index in [4.69, 9.17) is 0 Å². The van der Waals surface area contributed by atoms with Crippen molar-refractivity contribution in [3.8, 4) is 0 Å². The first kappa shape index (κ1) is 12.6. The van der Waals surface area contributed by atoms with Gasteiger partial charge in [0.05, 0.1) is 5.52 Å². The number of hydrogen-bond acceptors (Lipinski definition) is 3. The quantitative estimate of drug-likeness (QED) is 0.907. The summed E-state index contributed by atoms with van der Waals surface area (Å²) in [7, 11) is 0. The van der Waals surface area contributed by atoms with Gasteiger partial charge in [-0.25, -0.2) is 9.78 Å². The van der Waals surface area contributed by atoms with Crippen LogP contribution in [0, 0.1) is 0 Å². The Bertz CT molecular complexity index is 632. The predicted molar refractivity (Wildman–Crippen MR) is 74.6 cm³/mol. The Labute approximate surface area is 118 Å². The summed E-state index contributed by atoms with van der Waals surface area (Å²) >= 11 is 3.37. The van der Waals surface area contributed by atoms with E-state index in [0.29, 0.717) is 11.6 Å². The van der Waals surface area contributed by atoms with Crippen molar-refractivity contribution in [3.05, 3.63) is 34.3 Å². The van der Waals surface area contributed by atoms with Crippen LogP contribution >= 0.6 is 15.9 Å². The Morgan fingerprint density at radius 1 is 1.63 bits per heavy atom. The minimum absolute atomic E-state index is 0.120. The van der Waals surface area contributed by atoms with Gasteiger partial charge in [0, 0.05) is 23.1 Å². The molecular formula is C13H14BrN3O2. The molecule has 5 nitrogen and oxygen atoms in total. The molecule has 3 rings (SSSR count). The van der Waals surface area contributed by atoms with Crippen molar-refractivity contribution in [1.29, 1.82) is 0 Å². The highest BCUT2D eigenvalue weighted by Crippen LogP contribution is 2.20. The third-order valence-corrected chi connectivity index (χ3v) is 3.97. The number of fused-ring (bicyclic) bond motifs is 1. The molecule has 3 heterocycles. The monoisotopic (exact) mass is 323 g/mol. The maximum atomic E-state index is 11.3. The molecule has 1 fully saturated rings. The first-order chi connectivity index (χ1) is 9.15. The molecule has 0 amide bonds. The second kappa shape index (κ2) is 4.94. The van der Waals surface area contributed by atoms with Crippen LogP contribution < -0.4 is 5.32 Å². The lowest BCUT2D eigenvalue weighted by molar-refractivity contribution is 0.0693. The lowest BCUT2D eigenvalue weighted by Crippen LogP contribution is -2.24. The van der Waals surface area contributed by atoms with Crippen molar-refractivity contribution in [2.24, 2.45) is 0 Å². The number of imidazole rings is 1. The van der Waals surface area contributed by atoms with E-state index in [0.717, 1.165) is 29.7 Å². The van der Waals surface area contributed by atoms with E-state index in [2.05, 4.69) is 26.2 Å². The topological polar surface area (TPSA) is 66.6 Å². The molecule has 1 aliphatic heterocycles. The number of aromatic nitrogens is 2. The fourth-order valence-corrected chi connectivity index (χ4v) is 2.91. The number of hydrogen-bond donors (Lipinski definition) is 2. The van der Waals surface area contributed by atoms with E-state index in [-0.39, 0.29) is 5.69 Å². The molecule has 1 unspecified atom stereocenters. The van der Waals surface area contributed by atoms with Crippen LogP contribution in [0.25, 0.3) is 5.52 Å². The number of halogens is 1. The molecule has 0 bridgehead atoms. The number of nitrogens with zero attached hydrogens (tertiary/aromatic N) is 2. The summed E-state index contributed by atoms with van der Waals surface area (Å²) in [6.07, 6.45) is 4.92. The number of aromatic carboxylic acids is 1. The highest BCUT2D eigenvalue weighted by molar-refractivity contribution is 9.10. The fourth-order valence-electron chi connectivity index (χ4n) is 2.57. The van der Waals surface area contributed by atoms with Gasteiger partial charge in [0.1, 0.15) is 5.82 Å². The van der Waals surface area contributed by atoms with Gasteiger partial charge in [0.25, 0.3) is 0 Å². The van der Waals surface area contributed by atoms with E-state index in [1.807, 2.05) is 16.7 Å². The maximum Gasteiger partial charge on any atom is 0.356 e. The molecule has 1 aliphatic rings. The third-order valence-electron chi connectivity index (χ3n) is 3.47. The number of nitrogens with one attached hydrogen (secondary N) is 1. The van der Waals surface area contributed by atoms with Crippen molar-refractivity contribution in [1.82, 2.24) is 14.7 Å². The smallest absolute Gasteiger partial charge is 0.356 e. The maximum absolute atomic E-state index is 11.3. The van der Waals surface area contributed by atoms with Crippen molar-refractivity contribution in [3.63, 3.8) is 0 Å². The van der Waals surface area contributed by atoms with Crippen LogP contribution in [0.4, 0.5) is 0 Å². The Morgan fingerprint density at radius 2 is 2.47 bits per heavy atom. The first-order valence-corrected chi connectivity index (χ1v) is 7.07. The first-order valence-electron chi connectivity index (χ1n) is 6.28. The molecule has 0 radical (unpaired) electrons. The molecule has 0 aromatic carbocycles. The molecule has 2 aromatic heterocycles. The Morgan fingerprint density at radius 3 is 3.16 bits per heavy atom. The highest BCUT2D eigenvalue weighted by Gasteiger charge is 2.21. The number of pyridine rings is 1. The van der Waals surface area contributed by atoms with Crippen LogP contribution in [0.15, 0.2) is 22.8 Å². The van der Waals surface area contributed by atoms with E-state index in [1.165, 1.54) is 6.42 Å². The fraction of sp³-hybridized carbons (Fsp3) is 0.385. The molecule has 0 saturated carbocycles. The summed E-state index contributed by atoms with van der Waals surface area (Å²) in [5.41, 5.74) is 0.754. The second-order valence-electron chi connectivity index (χ2n) is 4.78. The van der Waals surface area contributed by atoms with E-state index >= 15 is 0 Å². The van der Waals surface area contributed by atoms with Gasteiger partial charge in [-0.15, -0.1) is 0 Å². The van der Waals surface area contributed by atoms with Gasteiger partial charge in [-0.05, 0) is 31.5 Å². The van der Waals surface area contributed by atoms with Crippen molar-refractivity contribution in [2.75, 3.05) is 6.54 Å². The lowest BCUT2D eigenvalue weighted by Gasteiger charge is -2.08. The summed E-state index contributed by atoms with van der Waals surface area (Å²) in [6.45, 7) is 1.03. The molecule has 6 heteroatoms. The number of carboxylic acids is 1. The molecule has 2 N–H and O–H groups in total. The number of carbonyl (C=O) groups is 1. The SMILES string of the molecule is O=C(O)c1nc(CC2CCCN2)n2ccc(Br)cc12. The van der Waals surface area contributed by atoms with Crippen molar-refractivity contribution in [2.45, 2.75) is 25.3 Å². The Balaban J connectivity index is 2.06. The highest BCUT2D eigenvalue weighted by atomic mass is 79.9. The minimum Gasteiger partial charge on any atom is -0.476 e. The van der Waals surface area contributed by atoms with Gasteiger partial charge in [-0.2, -0.15) is 0 Å². The van der Waals surface area contributed by atoms with E-state index in [1.54, 1.807) is 6.07 Å². The molecule has 1 atom stereocenters. The zero-order valence-electron chi connectivity index (χ0n) is 10.3. The zero-order valence-corrected chi connectivity index (χ0v) is 11.9. The minimum atomic E-state index is -0.985. The summed E-state index contributed by atoms with van der Waals surface area (Å²) < 4.78 is 2.72. The standard InChI is InChI=1S/C13H14BrN3O2/c14-8-3-5-17-10(6-8)12(13(18)19)16-11(17)7-9-2-1-4-15-9/h3,5-6,9,15H,1-2,4,7H2,(H,18,19). The van der Waals surface area contributed by atoms with Gasteiger partial charge >= 0.3 is 5.97 Å². The Hall–Kier alpha value is -1.40. The zero-order chi connectivity index (χ0) is 13.4. The molecule has 19 heavy (non-hydrogen) atoms. The summed E-state index contributed by atoms with van der Waals surface area (Å²) in [4.78, 5) is 15.6. The number of carboxylic acid groups (broad SMARTS) is 1. The van der Waals surface area contributed by atoms with Crippen LogP contribution in [0.3, 0.4) is 0 Å². The van der Waals surface area contributed by atoms with Gasteiger partial charge in [-0.3, -0.25) is 0 Å². The summed E-state index contributed by atoms with van der Waals surface area (Å²) in [5, 5.41) is 12.7. The molecular weight excluding hydrogens is 310 g/mol. The Kier molecular flexibility index (Phi) is 3.28. The largest absolute Gasteiger partial charge is 0.476 e. The van der Waals surface area contributed by atoms with Crippen LogP contribution in [0.5, 0.6) is 0 Å². The molecule has 100 valence electrons. The predicted octanol–water partition coefficient (Wildman–Crippen LogP) is 2.09. The second-order valence-corrected chi connectivity index (χ2v) is 5.70. The van der Waals surface area contributed by atoms with Gasteiger partial charge in [0.2, 0.25) is 0 Å². The molecule has 0 aliphatic carbocycles. The molecule has 1 saturated heterocycles. The normalized spacial score (nSPS) is 19.1. The lowest BCUT2D eigenvalue weighted by atomic mass is 10.1. The van der Waals surface area contributed by atoms with Crippen molar-refractivity contribution < 1.29 is 9.90 Å². The third kappa shape index (κ3) is 2.37. The summed E-state index contributed by atoms with van der Waals surface area (Å²) in [6, 6.07) is 4.09. The van der Waals surface area contributed by atoms with Gasteiger partial charge in [0.15, 0.2) is 5.69 Å².